The SMILES string of the molecule is Cc1c(C(=O)Nc2ccccc2)sc2ncn(CC(=O)Nc3ccc(S(=O)(=O)N4CCCCC4)cc3)c(=O)c12. The number of carbonyl (C=O) groups is 2. The zero-order valence-electron chi connectivity index (χ0n) is 21.2. The summed E-state index contributed by atoms with van der Waals surface area (Å²) in [7, 11) is -3.57. The maximum Gasteiger partial charge on any atom is 0.266 e. The fourth-order valence-corrected chi connectivity index (χ4v) is 7.07. The number of thiophene rings is 1. The molecule has 2 N–H and O–H groups in total. The van der Waals surface area contributed by atoms with Gasteiger partial charge in [0.1, 0.15) is 11.4 Å². The van der Waals surface area contributed by atoms with E-state index in [1.807, 2.05) is 18.2 Å². The number of aromatic nitrogens is 2. The van der Waals surface area contributed by atoms with Crippen molar-refractivity contribution in [3.63, 3.8) is 0 Å². The number of anilines is 2. The number of para-hydroxylation sites is 1. The molecule has 1 fully saturated rings. The van der Waals surface area contributed by atoms with Crippen LogP contribution >= 0.6 is 11.3 Å². The fourth-order valence-electron chi connectivity index (χ4n) is 4.52. The normalized spacial score (nSPS) is 14.3. The Morgan fingerprint density at radius 1 is 0.949 bits per heavy atom. The number of nitrogens with zero attached hydrogens (tertiary/aromatic N) is 3. The first kappa shape index (κ1) is 26.7. The van der Waals surface area contributed by atoms with Crippen LogP contribution in [0, 0.1) is 6.92 Å². The van der Waals surface area contributed by atoms with Crippen LogP contribution in [0.2, 0.25) is 0 Å². The number of amides is 2. The number of hydrogen-bond acceptors (Lipinski definition) is 7. The lowest BCUT2D eigenvalue weighted by molar-refractivity contribution is -0.116. The van der Waals surface area contributed by atoms with Crippen LogP contribution in [0.5, 0.6) is 0 Å². The lowest BCUT2D eigenvalue weighted by atomic mass is 10.2. The van der Waals surface area contributed by atoms with E-state index in [-0.39, 0.29) is 17.3 Å². The minimum Gasteiger partial charge on any atom is -0.325 e. The van der Waals surface area contributed by atoms with Gasteiger partial charge >= 0.3 is 0 Å². The van der Waals surface area contributed by atoms with Crippen molar-refractivity contribution in [2.45, 2.75) is 37.6 Å². The van der Waals surface area contributed by atoms with Gasteiger partial charge in [0.05, 0.1) is 21.5 Å². The van der Waals surface area contributed by atoms with Gasteiger partial charge < -0.3 is 10.6 Å². The molecule has 10 nitrogen and oxygen atoms in total. The van der Waals surface area contributed by atoms with E-state index in [1.165, 1.54) is 39.5 Å². The van der Waals surface area contributed by atoms with E-state index in [1.54, 1.807) is 19.1 Å². The van der Waals surface area contributed by atoms with Crippen molar-refractivity contribution in [3.05, 3.63) is 81.7 Å². The minimum atomic E-state index is -3.57. The van der Waals surface area contributed by atoms with Crippen LogP contribution in [-0.4, -0.2) is 47.2 Å². The summed E-state index contributed by atoms with van der Waals surface area (Å²) in [6.45, 7) is 2.41. The molecule has 3 heterocycles. The smallest absolute Gasteiger partial charge is 0.266 e. The molecular weight excluding hydrogens is 538 g/mol. The van der Waals surface area contributed by atoms with E-state index in [4.69, 9.17) is 0 Å². The van der Waals surface area contributed by atoms with Crippen molar-refractivity contribution in [3.8, 4) is 0 Å². The summed E-state index contributed by atoms with van der Waals surface area (Å²) in [5, 5.41) is 5.80. The highest BCUT2D eigenvalue weighted by Crippen LogP contribution is 2.28. The first-order chi connectivity index (χ1) is 18.7. The number of piperidine rings is 1. The van der Waals surface area contributed by atoms with Gasteiger partial charge in [-0.25, -0.2) is 13.4 Å². The molecule has 2 aromatic carbocycles. The van der Waals surface area contributed by atoms with Gasteiger partial charge in [-0.15, -0.1) is 11.3 Å². The third-order valence-electron chi connectivity index (χ3n) is 6.56. The topological polar surface area (TPSA) is 130 Å². The number of carbonyl (C=O) groups excluding carboxylic acids is 2. The van der Waals surface area contributed by atoms with Gasteiger partial charge in [-0.05, 0) is 61.7 Å². The first-order valence-corrected chi connectivity index (χ1v) is 14.7. The van der Waals surface area contributed by atoms with E-state index in [0.29, 0.717) is 45.1 Å². The number of nitrogens with one attached hydrogen (secondary N) is 2. The number of rotatable bonds is 7. The average molecular weight is 566 g/mol. The summed E-state index contributed by atoms with van der Waals surface area (Å²) in [5.74, 6) is -0.809. The number of benzene rings is 2. The molecule has 0 saturated carbocycles. The molecule has 5 rings (SSSR count). The molecule has 0 atom stereocenters. The summed E-state index contributed by atoms with van der Waals surface area (Å²) in [5.41, 5.74) is 1.12. The number of fused-ring (bicyclic) bond motifs is 1. The van der Waals surface area contributed by atoms with Gasteiger partial charge in [0.2, 0.25) is 15.9 Å². The second-order valence-corrected chi connectivity index (χ2v) is 12.2. The predicted octanol–water partition coefficient (Wildman–Crippen LogP) is 3.83. The maximum atomic E-state index is 13.2. The van der Waals surface area contributed by atoms with Gasteiger partial charge in [-0.2, -0.15) is 4.31 Å². The van der Waals surface area contributed by atoms with E-state index in [9.17, 15) is 22.8 Å². The summed E-state index contributed by atoms with van der Waals surface area (Å²) >= 11 is 1.12. The van der Waals surface area contributed by atoms with Crippen molar-refractivity contribution in [1.29, 1.82) is 0 Å². The number of hydrogen-bond donors (Lipinski definition) is 2. The quantitative estimate of drug-likeness (QED) is 0.350. The molecule has 0 aliphatic carbocycles. The molecule has 39 heavy (non-hydrogen) atoms. The molecule has 1 aliphatic heterocycles. The number of sulfonamides is 1. The highest BCUT2D eigenvalue weighted by atomic mass is 32.2. The fraction of sp³-hybridized carbons (Fsp3) is 0.259. The second-order valence-electron chi connectivity index (χ2n) is 9.27. The summed E-state index contributed by atoms with van der Waals surface area (Å²) in [4.78, 5) is 44.0. The molecule has 1 aliphatic rings. The van der Waals surface area contributed by atoms with Crippen LogP contribution < -0.4 is 16.2 Å². The third-order valence-corrected chi connectivity index (χ3v) is 9.67. The lowest BCUT2D eigenvalue weighted by Gasteiger charge is -2.25. The standard InChI is InChI=1S/C27H27N5O5S2/c1-18-23-26(38-24(18)25(34)30-19-8-4-2-5-9-19)28-17-31(27(23)35)16-22(33)29-20-10-12-21(13-11-20)39(36,37)32-14-6-3-7-15-32/h2,4-5,8-13,17H,3,6-7,14-16H2,1H3,(H,29,33)(H,30,34). The first-order valence-electron chi connectivity index (χ1n) is 12.5. The highest BCUT2D eigenvalue weighted by molar-refractivity contribution is 7.89. The van der Waals surface area contributed by atoms with Gasteiger partial charge in [0.25, 0.3) is 11.5 Å². The van der Waals surface area contributed by atoms with E-state index < -0.39 is 21.5 Å². The Morgan fingerprint density at radius 2 is 1.62 bits per heavy atom. The monoisotopic (exact) mass is 565 g/mol. The largest absolute Gasteiger partial charge is 0.325 e. The van der Waals surface area contributed by atoms with Crippen LogP contribution in [0.4, 0.5) is 11.4 Å². The lowest BCUT2D eigenvalue weighted by Crippen LogP contribution is -2.35. The molecule has 1 saturated heterocycles. The molecule has 2 amide bonds. The predicted molar refractivity (Wildman–Crippen MR) is 151 cm³/mol. The van der Waals surface area contributed by atoms with Crippen molar-refractivity contribution < 1.29 is 18.0 Å². The van der Waals surface area contributed by atoms with Gasteiger partial charge in [0.15, 0.2) is 0 Å². The Balaban J connectivity index is 1.29. The molecule has 0 radical (unpaired) electrons. The second kappa shape index (κ2) is 11.1. The Kier molecular flexibility index (Phi) is 7.60. The molecule has 0 spiro atoms. The summed E-state index contributed by atoms with van der Waals surface area (Å²) < 4.78 is 28.4. The molecule has 202 valence electrons. The molecule has 4 aromatic rings. The Hall–Kier alpha value is -3.87. The molecule has 2 aromatic heterocycles. The van der Waals surface area contributed by atoms with E-state index >= 15 is 0 Å². The molecule has 0 bridgehead atoms. The molecule has 12 heteroatoms. The van der Waals surface area contributed by atoms with Crippen molar-refractivity contribution >= 4 is 54.8 Å². The highest BCUT2D eigenvalue weighted by Gasteiger charge is 2.26. The summed E-state index contributed by atoms with van der Waals surface area (Å²) in [6.07, 6.45) is 4.01. The van der Waals surface area contributed by atoms with Crippen molar-refractivity contribution in [2.75, 3.05) is 23.7 Å². The molecular formula is C27H27N5O5S2. The van der Waals surface area contributed by atoms with Crippen LogP contribution in [0.25, 0.3) is 10.2 Å². The van der Waals surface area contributed by atoms with Crippen LogP contribution in [0.3, 0.4) is 0 Å². The third kappa shape index (κ3) is 5.63. The Morgan fingerprint density at radius 3 is 2.31 bits per heavy atom. The van der Waals surface area contributed by atoms with Crippen LogP contribution in [0.1, 0.15) is 34.5 Å². The van der Waals surface area contributed by atoms with E-state index in [2.05, 4.69) is 15.6 Å². The van der Waals surface area contributed by atoms with E-state index in [0.717, 1.165) is 30.6 Å². The van der Waals surface area contributed by atoms with Gasteiger partial charge in [-0.1, -0.05) is 24.6 Å². The van der Waals surface area contributed by atoms with Crippen molar-refractivity contribution in [1.82, 2.24) is 13.9 Å². The Labute approximate surface area is 229 Å². The molecule has 0 unspecified atom stereocenters. The van der Waals surface area contributed by atoms with Crippen LogP contribution in [-0.2, 0) is 21.4 Å². The zero-order valence-corrected chi connectivity index (χ0v) is 22.8. The van der Waals surface area contributed by atoms with Gasteiger partial charge in [0, 0.05) is 24.5 Å². The zero-order chi connectivity index (χ0) is 27.6. The average Bonchev–Trinajstić information content (AvgIpc) is 3.28. The Bertz CT molecular complexity index is 1690. The summed E-state index contributed by atoms with van der Waals surface area (Å²) in [6, 6.07) is 15.0. The maximum absolute atomic E-state index is 13.2. The number of aryl methyl sites for hydroxylation is 1. The van der Waals surface area contributed by atoms with Gasteiger partial charge in [-0.3, -0.25) is 19.0 Å². The minimum absolute atomic E-state index is 0.174. The van der Waals surface area contributed by atoms with Crippen molar-refractivity contribution in [2.24, 2.45) is 0 Å². The van der Waals surface area contributed by atoms with Crippen LogP contribution in [0.15, 0.2) is 70.6 Å².